The van der Waals surface area contributed by atoms with E-state index < -0.39 is 12.7 Å². The maximum atomic E-state index is 12.4. The largest absolute Gasteiger partial charge is 0.405 e. The van der Waals surface area contributed by atoms with Gasteiger partial charge in [0.25, 0.3) is 0 Å². The van der Waals surface area contributed by atoms with Gasteiger partial charge >= 0.3 is 6.18 Å². The second kappa shape index (κ2) is 5.50. The van der Waals surface area contributed by atoms with Crippen LogP contribution in [-0.2, 0) is 0 Å². The number of hydrogen-bond acceptors (Lipinski definition) is 5. The van der Waals surface area contributed by atoms with E-state index in [0.29, 0.717) is 4.47 Å². The average molecular weight is 314 g/mol. The number of aromatic nitrogens is 2. The van der Waals surface area contributed by atoms with E-state index in [0.717, 1.165) is 11.2 Å². The molecule has 0 aliphatic rings. The van der Waals surface area contributed by atoms with Crippen LogP contribution >= 0.6 is 15.9 Å². The fraction of sp³-hybridized carbons (Fsp3) is 0.500. The first-order chi connectivity index (χ1) is 7.89. The summed E-state index contributed by atoms with van der Waals surface area (Å²) >= 11 is 3.11. The van der Waals surface area contributed by atoms with Gasteiger partial charge in [-0.1, -0.05) is 0 Å². The van der Waals surface area contributed by atoms with Crippen LogP contribution in [0.2, 0.25) is 0 Å². The zero-order valence-corrected chi connectivity index (χ0v) is 10.5. The molecule has 0 amide bonds. The number of nitrogens with one attached hydrogen (secondary N) is 1. The smallest absolute Gasteiger partial charge is 0.347 e. The lowest BCUT2D eigenvalue weighted by atomic mass is 10.4. The minimum Gasteiger partial charge on any atom is -0.347 e. The Morgan fingerprint density at radius 2 is 2.12 bits per heavy atom. The third kappa shape index (κ3) is 3.70. The van der Waals surface area contributed by atoms with Gasteiger partial charge in [-0.25, -0.2) is 15.8 Å². The number of nitrogens with two attached hydrogens (primary N) is 1. The summed E-state index contributed by atoms with van der Waals surface area (Å²) in [7, 11) is 0. The van der Waals surface area contributed by atoms with Crippen molar-refractivity contribution < 1.29 is 13.2 Å². The Kier molecular flexibility index (Phi) is 4.52. The summed E-state index contributed by atoms with van der Waals surface area (Å²) in [6, 6.07) is 0. The Labute approximate surface area is 104 Å². The van der Waals surface area contributed by atoms with Crippen LogP contribution < -0.4 is 16.2 Å². The number of nitrogens with zero attached hydrogens (tertiary/aromatic N) is 3. The van der Waals surface area contributed by atoms with Crippen LogP contribution in [-0.4, -0.2) is 29.2 Å². The van der Waals surface area contributed by atoms with Crippen LogP contribution in [0.1, 0.15) is 6.92 Å². The van der Waals surface area contributed by atoms with Crippen molar-refractivity contribution in [1.29, 1.82) is 0 Å². The number of hydrazine groups is 1. The lowest BCUT2D eigenvalue weighted by molar-refractivity contribution is -0.119. The molecule has 1 rings (SSSR count). The van der Waals surface area contributed by atoms with Gasteiger partial charge in [-0.2, -0.15) is 13.2 Å². The molecule has 0 aromatic carbocycles. The first-order valence-electron chi connectivity index (χ1n) is 4.67. The van der Waals surface area contributed by atoms with Gasteiger partial charge in [0.15, 0.2) is 5.82 Å². The summed E-state index contributed by atoms with van der Waals surface area (Å²) in [6.07, 6.45) is -3.15. The molecule has 0 bridgehead atoms. The number of nitrogen functional groups attached to an aromatic ring is 1. The van der Waals surface area contributed by atoms with Crippen molar-refractivity contribution in [2.24, 2.45) is 5.84 Å². The average Bonchev–Trinajstić information content (AvgIpc) is 2.25. The Balaban J connectivity index is 3.04. The topological polar surface area (TPSA) is 67.1 Å². The highest BCUT2D eigenvalue weighted by Gasteiger charge is 2.31. The van der Waals surface area contributed by atoms with E-state index in [2.05, 4.69) is 31.3 Å². The van der Waals surface area contributed by atoms with E-state index in [1.807, 2.05) is 0 Å². The van der Waals surface area contributed by atoms with Crippen molar-refractivity contribution in [1.82, 2.24) is 9.97 Å². The van der Waals surface area contributed by atoms with Crippen LogP contribution in [0.5, 0.6) is 0 Å². The van der Waals surface area contributed by atoms with E-state index in [1.165, 1.54) is 0 Å². The van der Waals surface area contributed by atoms with Crippen molar-refractivity contribution in [2.75, 3.05) is 23.4 Å². The first kappa shape index (κ1) is 14.0. The number of halogens is 4. The molecule has 96 valence electrons. The summed E-state index contributed by atoms with van der Waals surface area (Å²) < 4.78 is 37.4. The minimum absolute atomic E-state index is 0.146. The van der Waals surface area contributed by atoms with Gasteiger partial charge in [-0.05, 0) is 22.9 Å². The third-order valence-corrected chi connectivity index (χ3v) is 2.69. The lowest BCUT2D eigenvalue weighted by Crippen LogP contribution is -2.35. The molecular weight excluding hydrogens is 303 g/mol. The predicted octanol–water partition coefficient (Wildman–Crippen LogP) is 1.91. The van der Waals surface area contributed by atoms with Crippen molar-refractivity contribution in [3.05, 3.63) is 10.8 Å². The summed E-state index contributed by atoms with van der Waals surface area (Å²) in [5.74, 6) is 5.56. The predicted molar refractivity (Wildman–Crippen MR) is 61.5 cm³/mol. The number of hydrogen-bond donors (Lipinski definition) is 2. The third-order valence-electron chi connectivity index (χ3n) is 1.96. The molecule has 0 fully saturated rings. The SMILES string of the molecule is CCN(CC(F)(F)F)c1ncnc(NN)c1Br. The summed E-state index contributed by atoms with van der Waals surface area (Å²) in [5.41, 5.74) is 2.27. The quantitative estimate of drug-likeness (QED) is 0.656. The molecule has 0 unspecified atom stereocenters. The zero-order chi connectivity index (χ0) is 13.1. The van der Waals surface area contributed by atoms with Crippen LogP contribution in [0, 0.1) is 0 Å². The molecule has 0 spiro atoms. The minimum atomic E-state index is -4.29. The Morgan fingerprint density at radius 1 is 1.47 bits per heavy atom. The second-order valence-corrected chi connectivity index (χ2v) is 3.93. The van der Waals surface area contributed by atoms with Gasteiger partial charge in [0, 0.05) is 6.54 Å². The van der Waals surface area contributed by atoms with Gasteiger partial charge in [-0.3, -0.25) is 0 Å². The zero-order valence-electron chi connectivity index (χ0n) is 8.92. The molecule has 5 nitrogen and oxygen atoms in total. The molecule has 3 N–H and O–H groups in total. The Morgan fingerprint density at radius 3 is 2.59 bits per heavy atom. The molecule has 0 saturated carbocycles. The molecule has 1 heterocycles. The first-order valence-corrected chi connectivity index (χ1v) is 5.47. The van der Waals surface area contributed by atoms with Gasteiger partial charge in [-0.15, -0.1) is 0 Å². The van der Waals surface area contributed by atoms with Gasteiger partial charge in [0.2, 0.25) is 0 Å². The molecule has 0 atom stereocenters. The van der Waals surface area contributed by atoms with Crippen LogP contribution in [0.15, 0.2) is 10.8 Å². The van der Waals surface area contributed by atoms with E-state index in [4.69, 9.17) is 5.84 Å². The summed E-state index contributed by atoms with van der Waals surface area (Å²) in [4.78, 5) is 8.66. The maximum absolute atomic E-state index is 12.4. The number of rotatable bonds is 4. The molecule has 0 radical (unpaired) electrons. The molecule has 9 heteroatoms. The molecule has 0 aliphatic carbocycles. The molecule has 1 aromatic heterocycles. The Hall–Kier alpha value is -1.09. The fourth-order valence-electron chi connectivity index (χ4n) is 1.23. The van der Waals surface area contributed by atoms with E-state index in [1.54, 1.807) is 6.92 Å². The summed E-state index contributed by atoms with van der Waals surface area (Å²) in [6.45, 7) is 0.693. The van der Waals surface area contributed by atoms with Gasteiger partial charge in [0.1, 0.15) is 23.2 Å². The van der Waals surface area contributed by atoms with Crippen LogP contribution in [0.25, 0.3) is 0 Å². The molecular formula is C8H11BrF3N5. The Bertz CT molecular complexity index is 384. The fourth-order valence-corrected chi connectivity index (χ4v) is 1.80. The summed E-state index contributed by atoms with van der Waals surface area (Å²) in [5, 5.41) is 0. The maximum Gasteiger partial charge on any atom is 0.405 e. The normalized spacial score (nSPS) is 11.4. The van der Waals surface area contributed by atoms with E-state index in [9.17, 15) is 13.2 Å². The second-order valence-electron chi connectivity index (χ2n) is 3.13. The van der Waals surface area contributed by atoms with Crippen molar-refractivity contribution in [3.63, 3.8) is 0 Å². The van der Waals surface area contributed by atoms with Crippen molar-refractivity contribution in [3.8, 4) is 0 Å². The molecule has 1 aromatic rings. The van der Waals surface area contributed by atoms with Crippen LogP contribution in [0.4, 0.5) is 24.8 Å². The monoisotopic (exact) mass is 313 g/mol. The highest BCUT2D eigenvalue weighted by Crippen LogP contribution is 2.30. The van der Waals surface area contributed by atoms with Crippen LogP contribution in [0.3, 0.4) is 0 Å². The standard InChI is InChI=1S/C8H11BrF3N5/c1-2-17(3-8(10,11)12)7-5(9)6(16-13)14-4-15-7/h4H,2-3,13H2,1H3,(H,14,15,16). The lowest BCUT2D eigenvalue weighted by Gasteiger charge is -2.24. The number of anilines is 2. The highest BCUT2D eigenvalue weighted by molar-refractivity contribution is 9.10. The van der Waals surface area contributed by atoms with Gasteiger partial charge in [0.05, 0.1) is 0 Å². The van der Waals surface area contributed by atoms with E-state index >= 15 is 0 Å². The molecule has 0 aliphatic heterocycles. The van der Waals surface area contributed by atoms with Crippen molar-refractivity contribution in [2.45, 2.75) is 13.1 Å². The van der Waals surface area contributed by atoms with Crippen molar-refractivity contribution >= 4 is 27.6 Å². The highest BCUT2D eigenvalue weighted by atomic mass is 79.9. The van der Waals surface area contributed by atoms with Gasteiger partial charge < -0.3 is 10.3 Å². The molecule has 17 heavy (non-hydrogen) atoms. The number of alkyl halides is 3. The van der Waals surface area contributed by atoms with E-state index in [-0.39, 0.29) is 18.2 Å². The molecule has 0 saturated heterocycles.